The van der Waals surface area contributed by atoms with E-state index in [-0.39, 0.29) is 11.6 Å². The molecule has 0 amide bonds. The molecule has 1 aliphatic heterocycles. The van der Waals surface area contributed by atoms with E-state index in [1.165, 1.54) is 0 Å². The van der Waals surface area contributed by atoms with E-state index in [0.29, 0.717) is 10.6 Å². The lowest BCUT2D eigenvalue weighted by Gasteiger charge is -2.08. The van der Waals surface area contributed by atoms with Crippen molar-refractivity contribution >= 4 is 52.2 Å². The van der Waals surface area contributed by atoms with Gasteiger partial charge in [0, 0.05) is 26.4 Å². The molecule has 150 valence electrons. The summed E-state index contributed by atoms with van der Waals surface area (Å²) in [6, 6.07) is 26.9. The number of hydrogen-bond donors (Lipinski definition) is 0. The van der Waals surface area contributed by atoms with Gasteiger partial charge in [-0.1, -0.05) is 59.8 Å². The van der Waals surface area contributed by atoms with E-state index in [0.717, 1.165) is 26.4 Å². The van der Waals surface area contributed by atoms with Gasteiger partial charge in [-0.15, -0.1) is 0 Å². The maximum absolute atomic E-state index is 12.5. The number of carbonyl (C=O) groups excluding carboxylic acids is 1. The van der Waals surface area contributed by atoms with Gasteiger partial charge in [0.25, 0.3) is 0 Å². The molecule has 5 rings (SSSR count). The zero-order valence-electron chi connectivity index (χ0n) is 16.2. The number of pyridine rings is 1. The fourth-order valence-corrected chi connectivity index (χ4v) is 4.19. The van der Waals surface area contributed by atoms with Crippen LogP contribution < -0.4 is 0 Å². The van der Waals surface area contributed by atoms with Crippen LogP contribution in [0.2, 0.25) is 5.02 Å². The molecule has 0 N–H and O–H groups in total. The van der Waals surface area contributed by atoms with Crippen LogP contribution in [0.25, 0.3) is 17.0 Å². The van der Waals surface area contributed by atoms with Crippen LogP contribution in [-0.2, 0) is 9.53 Å². The monoisotopic (exact) mass is 442 g/mol. The number of halogens is 1. The molecule has 4 aromatic rings. The normalized spacial score (nSPS) is 14.7. The Kier molecular flexibility index (Phi) is 5.28. The first-order valence-electron chi connectivity index (χ1n) is 9.57. The highest BCUT2D eigenvalue weighted by molar-refractivity contribution is 7.99. The molecule has 0 atom stereocenters. The second-order valence-corrected chi connectivity index (χ2v) is 8.33. The number of nitrogens with zero attached hydrogens (tertiary/aromatic N) is 2. The minimum atomic E-state index is -0.492. The highest BCUT2D eigenvalue weighted by Gasteiger charge is 2.24. The number of hydrogen-bond acceptors (Lipinski definition) is 5. The molecule has 0 bridgehead atoms. The Hall–Kier alpha value is -3.41. The SMILES string of the molecule is O=C1OC(c2ccc(Cl)cc2)=NC1=Cc1cc2ccccc2nc1Sc1ccccc1. The Morgan fingerprint density at radius 3 is 2.45 bits per heavy atom. The number of ether oxygens (including phenoxy) is 1. The van der Waals surface area contributed by atoms with E-state index < -0.39 is 5.97 Å². The highest BCUT2D eigenvalue weighted by Crippen LogP contribution is 2.33. The number of fused-ring (bicyclic) bond motifs is 1. The van der Waals surface area contributed by atoms with Crippen LogP contribution in [0.5, 0.6) is 0 Å². The summed E-state index contributed by atoms with van der Waals surface area (Å²) < 4.78 is 5.39. The first-order chi connectivity index (χ1) is 15.2. The summed E-state index contributed by atoms with van der Waals surface area (Å²) in [4.78, 5) is 22.8. The quantitative estimate of drug-likeness (QED) is 0.271. The lowest BCUT2D eigenvalue weighted by molar-refractivity contribution is -0.129. The van der Waals surface area contributed by atoms with Crippen LogP contribution in [0.1, 0.15) is 11.1 Å². The lowest BCUT2D eigenvalue weighted by atomic mass is 10.1. The average molecular weight is 443 g/mol. The van der Waals surface area contributed by atoms with Crippen molar-refractivity contribution in [2.45, 2.75) is 9.92 Å². The molecule has 6 heteroatoms. The second kappa shape index (κ2) is 8.38. The van der Waals surface area contributed by atoms with E-state index in [4.69, 9.17) is 21.3 Å². The Balaban J connectivity index is 1.58. The van der Waals surface area contributed by atoms with E-state index >= 15 is 0 Å². The first kappa shape index (κ1) is 19.5. The van der Waals surface area contributed by atoms with Crippen LogP contribution in [0.3, 0.4) is 0 Å². The van der Waals surface area contributed by atoms with Gasteiger partial charge >= 0.3 is 5.97 Å². The number of aliphatic imine (C=N–C) groups is 1. The number of esters is 1. The number of para-hydroxylation sites is 1. The van der Waals surface area contributed by atoms with Crippen molar-refractivity contribution in [2.75, 3.05) is 0 Å². The van der Waals surface area contributed by atoms with Crippen molar-refractivity contribution in [2.24, 2.45) is 4.99 Å². The third kappa shape index (κ3) is 4.24. The molecule has 0 spiro atoms. The van der Waals surface area contributed by atoms with Gasteiger partial charge in [-0.3, -0.25) is 0 Å². The van der Waals surface area contributed by atoms with Crippen molar-refractivity contribution < 1.29 is 9.53 Å². The van der Waals surface area contributed by atoms with Crippen LogP contribution in [-0.4, -0.2) is 16.9 Å². The summed E-state index contributed by atoms with van der Waals surface area (Å²) >= 11 is 7.49. The molecular formula is C25H15ClN2O2S. The molecule has 0 unspecified atom stereocenters. The molecule has 2 heterocycles. The number of carbonyl (C=O) groups is 1. The third-order valence-electron chi connectivity index (χ3n) is 4.68. The highest BCUT2D eigenvalue weighted by atomic mass is 35.5. The number of cyclic esters (lactones) is 1. The molecule has 0 radical (unpaired) electrons. The molecule has 4 nitrogen and oxygen atoms in total. The lowest BCUT2D eigenvalue weighted by Crippen LogP contribution is -2.05. The Labute approximate surface area is 188 Å². The van der Waals surface area contributed by atoms with Crippen molar-refractivity contribution in [3.05, 3.63) is 107 Å². The Bertz CT molecular complexity index is 1350. The summed E-state index contributed by atoms with van der Waals surface area (Å²) in [5, 5.41) is 2.38. The standard InChI is InChI=1S/C25H15ClN2O2S/c26-19-12-10-16(11-13-19)23-27-22(25(29)30-23)15-18-14-17-6-4-5-9-21(17)28-24(18)31-20-7-2-1-3-8-20/h1-15H. The number of benzene rings is 3. The fourth-order valence-electron chi connectivity index (χ4n) is 3.17. The average Bonchev–Trinajstić information content (AvgIpc) is 3.15. The number of rotatable bonds is 4. The maximum Gasteiger partial charge on any atom is 0.363 e. The van der Waals surface area contributed by atoms with Crippen molar-refractivity contribution in [3.8, 4) is 0 Å². The largest absolute Gasteiger partial charge is 0.402 e. The zero-order chi connectivity index (χ0) is 21.2. The summed E-state index contributed by atoms with van der Waals surface area (Å²) in [5.74, 6) is -0.229. The minimum absolute atomic E-state index is 0.233. The summed E-state index contributed by atoms with van der Waals surface area (Å²) in [6.07, 6.45) is 1.73. The Morgan fingerprint density at radius 2 is 1.65 bits per heavy atom. The molecule has 0 saturated carbocycles. The smallest absolute Gasteiger partial charge is 0.363 e. The molecule has 0 saturated heterocycles. The zero-order valence-corrected chi connectivity index (χ0v) is 17.7. The summed E-state index contributed by atoms with van der Waals surface area (Å²) in [5.41, 5.74) is 2.62. The van der Waals surface area contributed by atoms with Gasteiger partial charge in [-0.05, 0) is 54.6 Å². The van der Waals surface area contributed by atoms with Crippen molar-refractivity contribution in [1.29, 1.82) is 0 Å². The molecule has 0 fully saturated rings. The van der Waals surface area contributed by atoms with Crippen molar-refractivity contribution in [3.63, 3.8) is 0 Å². The number of aromatic nitrogens is 1. The van der Waals surface area contributed by atoms with Gasteiger partial charge in [-0.2, -0.15) is 0 Å². The van der Waals surface area contributed by atoms with Crippen LogP contribution in [0, 0.1) is 0 Å². The molecule has 31 heavy (non-hydrogen) atoms. The molecular weight excluding hydrogens is 428 g/mol. The van der Waals surface area contributed by atoms with Crippen LogP contribution >= 0.6 is 23.4 Å². The van der Waals surface area contributed by atoms with Gasteiger partial charge in [0.15, 0.2) is 5.70 Å². The third-order valence-corrected chi connectivity index (χ3v) is 5.96. The van der Waals surface area contributed by atoms with Gasteiger partial charge in [-0.25, -0.2) is 14.8 Å². The first-order valence-corrected chi connectivity index (χ1v) is 10.8. The van der Waals surface area contributed by atoms with Gasteiger partial charge in [0.05, 0.1) is 5.52 Å². The fraction of sp³-hybridized carbons (Fsp3) is 0. The van der Waals surface area contributed by atoms with Crippen molar-refractivity contribution in [1.82, 2.24) is 4.98 Å². The van der Waals surface area contributed by atoms with Crippen LogP contribution in [0.15, 0.2) is 106 Å². The summed E-state index contributed by atoms with van der Waals surface area (Å²) in [7, 11) is 0. The predicted molar refractivity (Wildman–Crippen MR) is 124 cm³/mol. The molecule has 3 aromatic carbocycles. The summed E-state index contributed by atoms with van der Waals surface area (Å²) in [6.45, 7) is 0. The molecule has 1 aromatic heterocycles. The topological polar surface area (TPSA) is 51.5 Å². The second-order valence-electron chi connectivity index (χ2n) is 6.83. The minimum Gasteiger partial charge on any atom is -0.402 e. The van der Waals surface area contributed by atoms with Gasteiger partial charge in [0.2, 0.25) is 5.90 Å². The van der Waals surface area contributed by atoms with E-state index in [2.05, 4.69) is 4.99 Å². The van der Waals surface area contributed by atoms with Gasteiger partial charge in [0.1, 0.15) is 5.03 Å². The van der Waals surface area contributed by atoms with E-state index in [9.17, 15) is 4.79 Å². The van der Waals surface area contributed by atoms with Gasteiger partial charge < -0.3 is 4.74 Å². The predicted octanol–water partition coefficient (Wildman–Crippen LogP) is 6.38. The van der Waals surface area contributed by atoms with E-state index in [1.807, 2.05) is 60.7 Å². The van der Waals surface area contributed by atoms with E-state index in [1.54, 1.807) is 42.1 Å². The van der Waals surface area contributed by atoms with Crippen LogP contribution in [0.4, 0.5) is 0 Å². The molecule has 1 aliphatic rings. The Morgan fingerprint density at radius 1 is 0.903 bits per heavy atom. The maximum atomic E-state index is 12.5. The molecule has 0 aliphatic carbocycles.